The molecule has 2 N–H and O–H groups in total. The number of aliphatic hydroxyl groups excluding tert-OH is 1. The van der Waals surface area contributed by atoms with Gasteiger partial charge in [-0.15, -0.1) is 0 Å². The number of carbonyl (C=O) groups is 1. The fraction of sp³-hybridized carbons (Fsp3) is 0.611. The van der Waals surface area contributed by atoms with Gasteiger partial charge in [-0.1, -0.05) is 31.4 Å². The summed E-state index contributed by atoms with van der Waals surface area (Å²) in [5.41, 5.74) is 0.870. The van der Waals surface area contributed by atoms with E-state index < -0.39 is 0 Å². The van der Waals surface area contributed by atoms with Crippen LogP contribution in [0.25, 0.3) is 0 Å². The van der Waals surface area contributed by atoms with Crippen LogP contribution in [0.2, 0.25) is 0 Å². The molecular weight excluding hydrogens is 278 g/mol. The molecule has 1 aromatic carbocycles. The molecular formula is C18H27NO3. The van der Waals surface area contributed by atoms with Crippen LogP contribution < -0.4 is 10.1 Å². The second kappa shape index (κ2) is 8.18. The van der Waals surface area contributed by atoms with Crippen molar-refractivity contribution in [2.24, 2.45) is 5.41 Å². The summed E-state index contributed by atoms with van der Waals surface area (Å²) in [6.45, 7) is 3.34. The molecule has 2 rings (SSSR count). The smallest absolute Gasteiger partial charge is 0.224 e. The van der Waals surface area contributed by atoms with E-state index in [1.165, 1.54) is 6.42 Å². The molecule has 1 amide bonds. The molecule has 1 aromatic rings. The van der Waals surface area contributed by atoms with Crippen molar-refractivity contribution in [1.82, 2.24) is 5.32 Å². The Morgan fingerprint density at radius 3 is 2.50 bits per heavy atom. The summed E-state index contributed by atoms with van der Waals surface area (Å²) in [4.78, 5) is 12.1. The molecule has 1 saturated carbocycles. The summed E-state index contributed by atoms with van der Waals surface area (Å²) < 4.78 is 5.39. The first-order valence-corrected chi connectivity index (χ1v) is 8.27. The maximum absolute atomic E-state index is 12.1. The minimum Gasteiger partial charge on any atom is -0.494 e. The number of hydrogen-bond acceptors (Lipinski definition) is 3. The molecule has 0 unspecified atom stereocenters. The number of benzene rings is 1. The summed E-state index contributed by atoms with van der Waals surface area (Å²) in [5.74, 6) is 0.843. The molecule has 122 valence electrons. The van der Waals surface area contributed by atoms with Crippen molar-refractivity contribution in [1.29, 1.82) is 0 Å². The summed E-state index contributed by atoms with van der Waals surface area (Å²) in [7, 11) is 0. The SMILES string of the molecule is CCOc1ccc(CC(=O)NCC2(CO)CCCCC2)cc1. The van der Waals surface area contributed by atoms with Gasteiger partial charge in [-0.05, 0) is 37.5 Å². The number of nitrogens with one attached hydrogen (secondary N) is 1. The van der Waals surface area contributed by atoms with Crippen LogP contribution in [0.15, 0.2) is 24.3 Å². The molecule has 0 radical (unpaired) electrons. The maximum Gasteiger partial charge on any atom is 0.224 e. The topological polar surface area (TPSA) is 58.6 Å². The molecule has 1 aliphatic carbocycles. The largest absolute Gasteiger partial charge is 0.494 e. The molecule has 0 bridgehead atoms. The number of rotatable bonds is 7. The van der Waals surface area contributed by atoms with E-state index in [4.69, 9.17) is 4.74 Å². The lowest BCUT2D eigenvalue weighted by atomic mass is 9.74. The zero-order valence-corrected chi connectivity index (χ0v) is 13.4. The Bertz CT molecular complexity index is 464. The first-order chi connectivity index (χ1) is 10.7. The molecule has 0 saturated heterocycles. The van der Waals surface area contributed by atoms with Crippen molar-refractivity contribution in [3.63, 3.8) is 0 Å². The second-order valence-electron chi connectivity index (χ2n) is 6.25. The van der Waals surface area contributed by atoms with Crippen LogP contribution in [0.3, 0.4) is 0 Å². The predicted octanol–water partition coefficient (Wildman–Crippen LogP) is 2.69. The number of carbonyl (C=O) groups excluding carboxylic acids is 1. The van der Waals surface area contributed by atoms with Crippen LogP contribution in [0, 0.1) is 5.41 Å². The minimum atomic E-state index is -0.104. The van der Waals surface area contributed by atoms with Crippen molar-refractivity contribution in [3.8, 4) is 5.75 Å². The van der Waals surface area contributed by atoms with E-state index in [1.54, 1.807) is 0 Å². The summed E-state index contributed by atoms with van der Waals surface area (Å²) in [6, 6.07) is 7.63. The third-order valence-corrected chi connectivity index (χ3v) is 4.51. The molecule has 4 nitrogen and oxygen atoms in total. The average molecular weight is 305 g/mol. The van der Waals surface area contributed by atoms with Gasteiger partial charge in [0.1, 0.15) is 5.75 Å². The van der Waals surface area contributed by atoms with Gasteiger partial charge in [0.05, 0.1) is 19.6 Å². The summed E-state index contributed by atoms with van der Waals surface area (Å²) in [5, 5.41) is 12.7. The van der Waals surface area contributed by atoms with Gasteiger partial charge in [-0.3, -0.25) is 4.79 Å². The molecule has 0 aromatic heterocycles. The molecule has 4 heteroatoms. The molecule has 0 atom stereocenters. The Morgan fingerprint density at radius 1 is 1.23 bits per heavy atom. The van der Waals surface area contributed by atoms with Crippen LogP contribution in [0.1, 0.15) is 44.6 Å². The highest BCUT2D eigenvalue weighted by Gasteiger charge is 2.31. The number of ether oxygens (including phenoxy) is 1. The summed E-state index contributed by atoms with van der Waals surface area (Å²) in [6.07, 6.45) is 5.92. The van der Waals surface area contributed by atoms with Crippen LogP contribution in [0.4, 0.5) is 0 Å². The van der Waals surface area contributed by atoms with Gasteiger partial charge in [0.25, 0.3) is 0 Å². The molecule has 0 heterocycles. The lowest BCUT2D eigenvalue weighted by Gasteiger charge is -2.35. The first-order valence-electron chi connectivity index (χ1n) is 8.27. The van der Waals surface area contributed by atoms with Crippen molar-refractivity contribution < 1.29 is 14.6 Å². The Kier molecular flexibility index (Phi) is 6.25. The first kappa shape index (κ1) is 16.8. The lowest BCUT2D eigenvalue weighted by molar-refractivity contribution is -0.121. The normalized spacial score (nSPS) is 17.0. The van der Waals surface area contributed by atoms with Crippen molar-refractivity contribution in [3.05, 3.63) is 29.8 Å². The van der Waals surface area contributed by atoms with Crippen molar-refractivity contribution in [2.45, 2.75) is 45.4 Å². The van der Waals surface area contributed by atoms with E-state index >= 15 is 0 Å². The summed E-state index contributed by atoms with van der Waals surface area (Å²) >= 11 is 0. The highest BCUT2D eigenvalue weighted by Crippen LogP contribution is 2.35. The van der Waals surface area contributed by atoms with Crippen LogP contribution >= 0.6 is 0 Å². The predicted molar refractivity (Wildman–Crippen MR) is 86.9 cm³/mol. The van der Waals surface area contributed by atoms with Crippen molar-refractivity contribution >= 4 is 5.91 Å². The Hall–Kier alpha value is -1.55. The van der Waals surface area contributed by atoms with E-state index in [9.17, 15) is 9.90 Å². The fourth-order valence-corrected chi connectivity index (χ4v) is 3.10. The Balaban J connectivity index is 1.81. The van der Waals surface area contributed by atoms with Gasteiger partial charge in [0.2, 0.25) is 5.91 Å². The third kappa shape index (κ3) is 4.73. The highest BCUT2D eigenvalue weighted by atomic mass is 16.5. The lowest BCUT2D eigenvalue weighted by Crippen LogP contribution is -2.41. The molecule has 1 aliphatic rings. The number of hydrogen-bond donors (Lipinski definition) is 2. The maximum atomic E-state index is 12.1. The fourth-order valence-electron chi connectivity index (χ4n) is 3.10. The monoisotopic (exact) mass is 305 g/mol. The van der Waals surface area contributed by atoms with E-state index in [1.807, 2.05) is 31.2 Å². The molecule has 22 heavy (non-hydrogen) atoms. The van der Waals surface area contributed by atoms with E-state index in [2.05, 4.69) is 5.32 Å². The second-order valence-corrected chi connectivity index (χ2v) is 6.25. The van der Waals surface area contributed by atoms with E-state index in [-0.39, 0.29) is 17.9 Å². The Morgan fingerprint density at radius 2 is 1.91 bits per heavy atom. The van der Waals surface area contributed by atoms with Crippen LogP contribution in [-0.2, 0) is 11.2 Å². The van der Waals surface area contributed by atoms with Gasteiger partial charge >= 0.3 is 0 Å². The van der Waals surface area contributed by atoms with Gasteiger partial charge in [-0.2, -0.15) is 0 Å². The quantitative estimate of drug-likeness (QED) is 0.814. The van der Waals surface area contributed by atoms with E-state index in [0.29, 0.717) is 19.6 Å². The van der Waals surface area contributed by atoms with Crippen LogP contribution in [0.5, 0.6) is 5.75 Å². The minimum absolute atomic E-state index is 0.0163. The molecule has 1 fully saturated rings. The van der Waals surface area contributed by atoms with Gasteiger partial charge in [0, 0.05) is 12.0 Å². The number of amides is 1. The van der Waals surface area contributed by atoms with Crippen LogP contribution in [-0.4, -0.2) is 30.8 Å². The van der Waals surface area contributed by atoms with Crippen molar-refractivity contribution in [2.75, 3.05) is 19.8 Å². The van der Waals surface area contributed by atoms with Gasteiger partial charge < -0.3 is 15.2 Å². The standard InChI is InChI=1S/C18H27NO3/c1-2-22-16-8-6-15(7-9-16)12-17(21)19-13-18(14-20)10-4-3-5-11-18/h6-9,20H,2-5,10-14H2,1H3,(H,19,21). The van der Waals surface area contributed by atoms with Gasteiger partial charge in [-0.25, -0.2) is 0 Å². The third-order valence-electron chi connectivity index (χ3n) is 4.51. The zero-order chi connectivity index (χ0) is 15.8. The average Bonchev–Trinajstić information content (AvgIpc) is 2.56. The molecule has 0 spiro atoms. The Labute approximate surface area is 132 Å². The molecule has 0 aliphatic heterocycles. The van der Waals surface area contributed by atoms with E-state index in [0.717, 1.165) is 37.0 Å². The zero-order valence-electron chi connectivity index (χ0n) is 13.4. The number of aliphatic hydroxyl groups is 1. The highest BCUT2D eigenvalue weighted by molar-refractivity contribution is 5.78. The van der Waals surface area contributed by atoms with Gasteiger partial charge in [0.15, 0.2) is 0 Å².